The number of nitrogens with zero attached hydrogens (tertiary/aromatic N) is 1. The minimum atomic E-state index is 1.27. The van der Waals surface area contributed by atoms with E-state index in [-0.39, 0.29) is 0 Å². The van der Waals surface area contributed by atoms with E-state index in [0.29, 0.717) is 0 Å². The van der Waals surface area contributed by atoms with Crippen molar-refractivity contribution in [3.63, 3.8) is 0 Å². The van der Waals surface area contributed by atoms with Crippen LogP contribution in [0.1, 0.15) is 128 Å². The van der Waals surface area contributed by atoms with Crippen LogP contribution in [0, 0.1) is 6.92 Å². The molecule has 0 radical (unpaired) electrons. The SMILES string of the molecule is CCCN(CCC)CCCCCCCCCCCCCCCCc1ccccc1C. The van der Waals surface area contributed by atoms with Gasteiger partial charge >= 0.3 is 0 Å². The summed E-state index contributed by atoms with van der Waals surface area (Å²) in [5, 5.41) is 0. The summed E-state index contributed by atoms with van der Waals surface area (Å²) in [5.74, 6) is 0. The van der Waals surface area contributed by atoms with Crippen molar-refractivity contribution < 1.29 is 0 Å². The smallest absolute Gasteiger partial charge is 0.00187 e. The molecule has 0 saturated heterocycles. The molecule has 0 unspecified atom stereocenters. The first-order chi connectivity index (χ1) is 14.8. The molecule has 0 aromatic heterocycles. The highest BCUT2D eigenvalue weighted by Crippen LogP contribution is 2.15. The highest BCUT2D eigenvalue weighted by Gasteiger charge is 2.02. The maximum atomic E-state index is 2.66. The number of unbranched alkanes of at least 4 members (excludes halogenated alkanes) is 13. The Balaban J connectivity index is 1.78. The van der Waals surface area contributed by atoms with E-state index in [1.165, 1.54) is 134 Å². The van der Waals surface area contributed by atoms with Gasteiger partial charge in [0.15, 0.2) is 0 Å². The van der Waals surface area contributed by atoms with Crippen LogP contribution in [0.25, 0.3) is 0 Å². The molecule has 0 spiro atoms. The third-order valence-electron chi connectivity index (χ3n) is 6.51. The lowest BCUT2D eigenvalue weighted by atomic mass is 10.0. The topological polar surface area (TPSA) is 3.24 Å². The van der Waals surface area contributed by atoms with Crippen LogP contribution in [0.5, 0.6) is 0 Å². The molecule has 174 valence electrons. The quantitative estimate of drug-likeness (QED) is 0.181. The van der Waals surface area contributed by atoms with E-state index < -0.39 is 0 Å². The monoisotopic (exact) mass is 415 g/mol. The zero-order valence-electron chi connectivity index (χ0n) is 20.9. The molecule has 0 heterocycles. The largest absolute Gasteiger partial charge is 0.303 e. The highest BCUT2D eigenvalue weighted by atomic mass is 15.1. The maximum Gasteiger partial charge on any atom is -0.00187 e. The van der Waals surface area contributed by atoms with Gasteiger partial charge in [0.2, 0.25) is 0 Å². The van der Waals surface area contributed by atoms with Crippen molar-refractivity contribution in [2.24, 2.45) is 0 Å². The van der Waals surface area contributed by atoms with E-state index in [0.717, 1.165) is 0 Å². The molecule has 30 heavy (non-hydrogen) atoms. The predicted octanol–water partition coefficient (Wildman–Crippen LogP) is 9.12. The van der Waals surface area contributed by atoms with E-state index in [1.54, 1.807) is 5.56 Å². The minimum absolute atomic E-state index is 1.27. The Morgan fingerprint density at radius 3 is 1.43 bits per heavy atom. The fourth-order valence-corrected chi connectivity index (χ4v) is 4.63. The summed E-state index contributed by atoms with van der Waals surface area (Å²) in [6.07, 6.45) is 24.0. The molecule has 0 amide bonds. The van der Waals surface area contributed by atoms with Crippen LogP contribution in [-0.2, 0) is 6.42 Å². The van der Waals surface area contributed by atoms with Gasteiger partial charge in [0.25, 0.3) is 0 Å². The lowest BCUT2D eigenvalue weighted by Gasteiger charge is -2.20. The number of hydrogen-bond acceptors (Lipinski definition) is 1. The van der Waals surface area contributed by atoms with Crippen LogP contribution in [0.4, 0.5) is 0 Å². The van der Waals surface area contributed by atoms with Gasteiger partial charge in [0, 0.05) is 0 Å². The first-order valence-corrected chi connectivity index (χ1v) is 13.5. The van der Waals surface area contributed by atoms with Crippen LogP contribution in [0.15, 0.2) is 24.3 Å². The van der Waals surface area contributed by atoms with Gasteiger partial charge in [-0.15, -0.1) is 0 Å². The number of hydrogen-bond donors (Lipinski definition) is 0. The molecule has 0 N–H and O–H groups in total. The summed E-state index contributed by atoms with van der Waals surface area (Å²) < 4.78 is 0. The van der Waals surface area contributed by atoms with Crippen LogP contribution < -0.4 is 0 Å². The minimum Gasteiger partial charge on any atom is -0.303 e. The van der Waals surface area contributed by atoms with Crippen molar-refractivity contribution >= 4 is 0 Å². The fraction of sp³-hybridized carbons (Fsp3) is 0.793. The summed E-state index contributed by atoms with van der Waals surface area (Å²) in [4.78, 5) is 2.66. The van der Waals surface area contributed by atoms with Gasteiger partial charge in [0.05, 0.1) is 0 Å². The third kappa shape index (κ3) is 15.1. The molecular weight excluding hydrogens is 362 g/mol. The average molecular weight is 416 g/mol. The molecule has 0 atom stereocenters. The number of aryl methyl sites for hydroxylation is 2. The van der Waals surface area contributed by atoms with Crippen LogP contribution in [-0.4, -0.2) is 24.5 Å². The fourth-order valence-electron chi connectivity index (χ4n) is 4.63. The lowest BCUT2D eigenvalue weighted by molar-refractivity contribution is 0.267. The van der Waals surface area contributed by atoms with Gasteiger partial charge in [-0.25, -0.2) is 0 Å². The Labute approximate surface area is 190 Å². The molecule has 1 aromatic carbocycles. The van der Waals surface area contributed by atoms with Gasteiger partial charge in [0.1, 0.15) is 0 Å². The van der Waals surface area contributed by atoms with E-state index in [9.17, 15) is 0 Å². The first-order valence-electron chi connectivity index (χ1n) is 13.5. The van der Waals surface area contributed by atoms with Crippen molar-refractivity contribution in [2.45, 2.75) is 130 Å². The van der Waals surface area contributed by atoms with Crippen molar-refractivity contribution in [3.05, 3.63) is 35.4 Å². The Bertz CT molecular complexity index is 475. The molecule has 0 fully saturated rings. The van der Waals surface area contributed by atoms with Crippen molar-refractivity contribution in [2.75, 3.05) is 19.6 Å². The average Bonchev–Trinajstić information content (AvgIpc) is 2.75. The summed E-state index contributed by atoms with van der Waals surface area (Å²) in [6, 6.07) is 8.86. The third-order valence-corrected chi connectivity index (χ3v) is 6.51. The molecule has 0 aliphatic carbocycles. The standard InChI is InChI=1S/C29H53N/c1-4-25-30(26-5-2)27-21-17-15-13-11-9-7-6-8-10-12-14-16-18-23-29-24-20-19-22-28(29)3/h19-20,22,24H,4-18,21,23,25-27H2,1-3H3. The molecule has 1 aromatic rings. The second kappa shape index (κ2) is 20.1. The zero-order valence-corrected chi connectivity index (χ0v) is 20.9. The molecule has 0 bridgehead atoms. The Kier molecular flexibility index (Phi) is 18.2. The first kappa shape index (κ1) is 27.2. The van der Waals surface area contributed by atoms with Gasteiger partial charge in [-0.05, 0) is 69.8 Å². The second-order valence-corrected chi connectivity index (χ2v) is 9.47. The summed E-state index contributed by atoms with van der Waals surface area (Å²) in [5.41, 5.74) is 3.01. The Hall–Kier alpha value is -0.820. The van der Waals surface area contributed by atoms with E-state index >= 15 is 0 Å². The van der Waals surface area contributed by atoms with Gasteiger partial charge in [-0.2, -0.15) is 0 Å². The van der Waals surface area contributed by atoms with Crippen LogP contribution >= 0.6 is 0 Å². The van der Waals surface area contributed by atoms with Crippen LogP contribution in [0.2, 0.25) is 0 Å². The van der Waals surface area contributed by atoms with Gasteiger partial charge in [-0.1, -0.05) is 115 Å². The number of rotatable bonds is 21. The van der Waals surface area contributed by atoms with Gasteiger partial charge in [-0.3, -0.25) is 0 Å². The molecule has 1 rings (SSSR count). The second-order valence-electron chi connectivity index (χ2n) is 9.47. The van der Waals surface area contributed by atoms with Gasteiger partial charge < -0.3 is 4.90 Å². The summed E-state index contributed by atoms with van der Waals surface area (Å²) in [6.45, 7) is 10.8. The normalized spacial score (nSPS) is 11.5. The Morgan fingerprint density at radius 1 is 0.533 bits per heavy atom. The molecule has 0 aliphatic heterocycles. The van der Waals surface area contributed by atoms with Crippen molar-refractivity contribution in [1.29, 1.82) is 0 Å². The predicted molar refractivity (Wildman–Crippen MR) is 137 cm³/mol. The van der Waals surface area contributed by atoms with E-state index in [2.05, 4.69) is 49.9 Å². The van der Waals surface area contributed by atoms with E-state index in [4.69, 9.17) is 0 Å². The van der Waals surface area contributed by atoms with Crippen molar-refractivity contribution in [1.82, 2.24) is 4.90 Å². The summed E-state index contributed by atoms with van der Waals surface area (Å²) >= 11 is 0. The molecule has 0 saturated carbocycles. The van der Waals surface area contributed by atoms with E-state index in [1.807, 2.05) is 0 Å². The molecule has 1 heteroatoms. The van der Waals surface area contributed by atoms with Crippen molar-refractivity contribution in [3.8, 4) is 0 Å². The number of benzene rings is 1. The molecule has 0 aliphatic rings. The van der Waals surface area contributed by atoms with Crippen LogP contribution in [0.3, 0.4) is 0 Å². The highest BCUT2D eigenvalue weighted by molar-refractivity contribution is 5.25. The Morgan fingerprint density at radius 2 is 0.967 bits per heavy atom. The maximum absolute atomic E-state index is 2.66. The lowest BCUT2D eigenvalue weighted by Crippen LogP contribution is -2.26. The molecular formula is C29H53N. The molecule has 1 nitrogen and oxygen atoms in total. The summed E-state index contributed by atoms with van der Waals surface area (Å²) in [7, 11) is 0. The zero-order chi connectivity index (χ0) is 21.7.